The SMILES string of the molecule is COC(=O)c1ccc(N2C(=O)c3cccc4cc([N+](=O)[O-])cc(c34)C2=O)cc1. The standard InChI is InChI=1S/C20H12N2O6/c1-28-20(25)11-5-7-13(8-6-11)21-18(23)15-4-2-3-12-9-14(22(26)27)10-16(17(12)15)19(21)24/h2-10H,1H3. The van der Waals surface area contributed by atoms with Gasteiger partial charge in [0.1, 0.15) is 0 Å². The predicted octanol–water partition coefficient (Wildman–Crippen LogP) is 3.34. The number of ether oxygens (including phenoxy) is 1. The Bertz CT molecular complexity index is 1180. The molecule has 1 aliphatic rings. The number of esters is 1. The van der Waals surface area contributed by atoms with Crippen LogP contribution in [0, 0.1) is 10.1 Å². The van der Waals surface area contributed by atoms with Crippen LogP contribution in [0.5, 0.6) is 0 Å². The Morgan fingerprint density at radius 3 is 2.32 bits per heavy atom. The predicted molar refractivity (Wildman–Crippen MR) is 99.5 cm³/mol. The van der Waals surface area contributed by atoms with Gasteiger partial charge in [0.2, 0.25) is 0 Å². The number of non-ortho nitro benzene ring substituents is 1. The zero-order valence-electron chi connectivity index (χ0n) is 14.5. The number of rotatable bonds is 3. The maximum absolute atomic E-state index is 13.1. The van der Waals surface area contributed by atoms with Crippen LogP contribution in [0.3, 0.4) is 0 Å². The first-order chi connectivity index (χ1) is 13.4. The molecule has 0 bridgehead atoms. The van der Waals surface area contributed by atoms with E-state index in [1.807, 2.05) is 0 Å². The van der Waals surface area contributed by atoms with Crippen LogP contribution < -0.4 is 4.90 Å². The second-order valence-electron chi connectivity index (χ2n) is 6.14. The van der Waals surface area contributed by atoms with Crippen LogP contribution in [0.2, 0.25) is 0 Å². The lowest BCUT2D eigenvalue weighted by molar-refractivity contribution is -0.384. The van der Waals surface area contributed by atoms with Crippen molar-refractivity contribution in [1.29, 1.82) is 0 Å². The number of nitro groups is 1. The van der Waals surface area contributed by atoms with Crippen molar-refractivity contribution in [3.05, 3.63) is 81.4 Å². The average Bonchev–Trinajstić information content (AvgIpc) is 2.71. The van der Waals surface area contributed by atoms with E-state index < -0.39 is 22.7 Å². The molecule has 2 amide bonds. The molecule has 0 unspecified atom stereocenters. The van der Waals surface area contributed by atoms with Crippen molar-refractivity contribution in [2.45, 2.75) is 0 Å². The number of imide groups is 1. The van der Waals surface area contributed by atoms with E-state index in [-0.39, 0.29) is 28.1 Å². The number of methoxy groups -OCH3 is 1. The molecule has 4 rings (SSSR count). The van der Waals surface area contributed by atoms with Gasteiger partial charge < -0.3 is 4.74 Å². The van der Waals surface area contributed by atoms with E-state index in [1.54, 1.807) is 18.2 Å². The van der Waals surface area contributed by atoms with Crippen molar-refractivity contribution in [2.75, 3.05) is 12.0 Å². The molecular formula is C20H12N2O6. The summed E-state index contributed by atoms with van der Waals surface area (Å²) in [4.78, 5) is 49.2. The van der Waals surface area contributed by atoms with Crippen molar-refractivity contribution in [3.63, 3.8) is 0 Å². The number of carbonyl (C=O) groups excluding carboxylic acids is 3. The van der Waals surface area contributed by atoms with Gasteiger partial charge >= 0.3 is 5.97 Å². The van der Waals surface area contributed by atoms with Crippen LogP contribution in [-0.4, -0.2) is 29.8 Å². The minimum atomic E-state index is -0.664. The van der Waals surface area contributed by atoms with E-state index in [9.17, 15) is 24.5 Å². The molecule has 0 N–H and O–H groups in total. The summed E-state index contributed by atoms with van der Waals surface area (Å²) in [5, 5.41) is 12.1. The lowest BCUT2D eigenvalue weighted by Gasteiger charge is -2.27. The van der Waals surface area contributed by atoms with E-state index in [4.69, 9.17) is 0 Å². The van der Waals surface area contributed by atoms with Gasteiger partial charge in [-0.2, -0.15) is 0 Å². The van der Waals surface area contributed by atoms with E-state index in [1.165, 1.54) is 43.5 Å². The molecule has 0 saturated carbocycles. The van der Waals surface area contributed by atoms with Crippen LogP contribution in [0.15, 0.2) is 54.6 Å². The number of amides is 2. The highest BCUT2D eigenvalue weighted by atomic mass is 16.6. The summed E-state index contributed by atoms with van der Waals surface area (Å²) in [7, 11) is 1.25. The molecule has 3 aromatic carbocycles. The van der Waals surface area contributed by atoms with E-state index in [2.05, 4.69) is 4.74 Å². The molecule has 28 heavy (non-hydrogen) atoms. The lowest BCUT2D eigenvalue weighted by atomic mass is 9.93. The Morgan fingerprint density at radius 1 is 1.00 bits per heavy atom. The Labute approximate surface area is 158 Å². The molecule has 1 aliphatic heterocycles. The van der Waals surface area contributed by atoms with Crippen LogP contribution in [0.25, 0.3) is 10.8 Å². The Hall–Kier alpha value is -4.07. The van der Waals surface area contributed by atoms with Crippen LogP contribution in [0.1, 0.15) is 31.1 Å². The second-order valence-corrected chi connectivity index (χ2v) is 6.14. The topological polar surface area (TPSA) is 107 Å². The minimum Gasteiger partial charge on any atom is -0.465 e. The van der Waals surface area contributed by atoms with Crippen molar-refractivity contribution in [2.24, 2.45) is 0 Å². The molecule has 8 heteroatoms. The highest BCUT2D eigenvalue weighted by Crippen LogP contribution is 2.35. The van der Waals surface area contributed by atoms with Gasteiger partial charge in [-0.05, 0) is 35.7 Å². The summed E-state index contributed by atoms with van der Waals surface area (Å²) in [6.07, 6.45) is 0. The molecule has 8 nitrogen and oxygen atoms in total. The van der Waals surface area contributed by atoms with Gasteiger partial charge in [-0.3, -0.25) is 19.7 Å². The van der Waals surface area contributed by atoms with Gasteiger partial charge in [-0.15, -0.1) is 0 Å². The Kier molecular flexibility index (Phi) is 3.89. The first kappa shape index (κ1) is 17.3. The molecule has 3 aromatic rings. The number of benzene rings is 3. The molecule has 0 radical (unpaired) electrons. The Morgan fingerprint density at radius 2 is 1.68 bits per heavy atom. The summed E-state index contributed by atoms with van der Waals surface area (Å²) in [6.45, 7) is 0. The molecule has 0 aromatic heterocycles. The fourth-order valence-electron chi connectivity index (χ4n) is 3.30. The third-order valence-corrected chi connectivity index (χ3v) is 4.59. The fraction of sp³-hybridized carbons (Fsp3) is 0.0500. The number of nitrogens with zero attached hydrogens (tertiary/aromatic N) is 2. The van der Waals surface area contributed by atoms with Crippen LogP contribution in [0.4, 0.5) is 11.4 Å². The Balaban J connectivity index is 1.88. The summed E-state index contributed by atoms with van der Waals surface area (Å²) < 4.78 is 4.63. The number of nitro benzene ring substituents is 1. The van der Waals surface area contributed by atoms with Gasteiger partial charge in [-0.1, -0.05) is 12.1 Å². The first-order valence-corrected chi connectivity index (χ1v) is 8.20. The smallest absolute Gasteiger partial charge is 0.337 e. The van der Waals surface area contributed by atoms with Gasteiger partial charge in [0, 0.05) is 23.1 Å². The highest BCUT2D eigenvalue weighted by Gasteiger charge is 2.35. The molecule has 0 aliphatic carbocycles. The number of anilines is 1. The van der Waals surface area contributed by atoms with E-state index in [0.717, 1.165) is 4.90 Å². The maximum Gasteiger partial charge on any atom is 0.337 e. The van der Waals surface area contributed by atoms with Crippen LogP contribution in [-0.2, 0) is 4.74 Å². The second kappa shape index (κ2) is 6.27. The molecule has 0 fully saturated rings. The van der Waals surface area contributed by atoms with Gasteiger partial charge in [0.25, 0.3) is 17.5 Å². The highest BCUT2D eigenvalue weighted by molar-refractivity contribution is 6.36. The van der Waals surface area contributed by atoms with Gasteiger partial charge in [-0.25, -0.2) is 9.69 Å². The summed E-state index contributed by atoms with van der Waals surface area (Å²) >= 11 is 0. The summed E-state index contributed by atoms with van der Waals surface area (Å²) in [5.41, 5.74) is 0.636. The monoisotopic (exact) mass is 376 g/mol. The quantitative estimate of drug-likeness (QED) is 0.300. The number of hydrogen-bond donors (Lipinski definition) is 0. The molecule has 138 valence electrons. The maximum atomic E-state index is 13.1. The largest absolute Gasteiger partial charge is 0.465 e. The summed E-state index contributed by atoms with van der Waals surface area (Å²) in [6, 6.07) is 13.1. The first-order valence-electron chi connectivity index (χ1n) is 8.20. The summed E-state index contributed by atoms with van der Waals surface area (Å²) in [5.74, 6) is -1.75. The van der Waals surface area contributed by atoms with E-state index >= 15 is 0 Å². The molecule has 0 spiro atoms. The third-order valence-electron chi connectivity index (χ3n) is 4.59. The van der Waals surface area contributed by atoms with Crippen molar-refractivity contribution >= 4 is 39.9 Å². The lowest BCUT2D eigenvalue weighted by Crippen LogP contribution is -2.40. The van der Waals surface area contributed by atoms with Crippen molar-refractivity contribution in [3.8, 4) is 0 Å². The normalized spacial score (nSPS) is 13.0. The molecule has 0 saturated heterocycles. The zero-order chi connectivity index (χ0) is 20.0. The van der Waals surface area contributed by atoms with Gasteiger partial charge in [0.05, 0.1) is 28.8 Å². The average molecular weight is 376 g/mol. The molecule has 0 atom stereocenters. The fourth-order valence-corrected chi connectivity index (χ4v) is 3.30. The third kappa shape index (κ3) is 2.50. The van der Waals surface area contributed by atoms with Crippen molar-refractivity contribution in [1.82, 2.24) is 0 Å². The number of carbonyl (C=O) groups is 3. The number of hydrogen-bond acceptors (Lipinski definition) is 6. The van der Waals surface area contributed by atoms with Crippen LogP contribution >= 0.6 is 0 Å². The van der Waals surface area contributed by atoms with Gasteiger partial charge in [0.15, 0.2) is 0 Å². The minimum absolute atomic E-state index is 0.0800. The molecule has 1 heterocycles. The molecular weight excluding hydrogens is 364 g/mol. The van der Waals surface area contributed by atoms with E-state index in [0.29, 0.717) is 10.8 Å². The zero-order valence-corrected chi connectivity index (χ0v) is 14.5. The van der Waals surface area contributed by atoms with Crippen molar-refractivity contribution < 1.29 is 24.0 Å².